The van der Waals surface area contributed by atoms with Crippen molar-refractivity contribution >= 4 is 21.1 Å². The first-order valence-electron chi connectivity index (χ1n) is 8.24. The van der Waals surface area contributed by atoms with Crippen LogP contribution in [0.15, 0.2) is 30.3 Å². The van der Waals surface area contributed by atoms with Crippen LogP contribution in [0.1, 0.15) is 43.2 Å². The molecule has 128 valence electrons. The van der Waals surface area contributed by atoms with Gasteiger partial charge in [0.05, 0.1) is 6.10 Å². The summed E-state index contributed by atoms with van der Waals surface area (Å²) in [6.07, 6.45) is 3.55. The lowest BCUT2D eigenvalue weighted by Gasteiger charge is -2.40. The molecule has 6 heteroatoms. The minimum atomic E-state index is -4.02. The van der Waals surface area contributed by atoms with E-state index in [0.717, 1.165) is 36.5 Å². The molecule has 0 aliphatic heterocycles. The van der Waals surface area contributed by atoms with Gasteiger partial charge in [0.1, 0.15) is 5.75 Å². The lowest BCUT2D eigenvalue weighted by atomic mass is 9.65. The fraction of sp³-hybridized carbons (Fsp3) is 0.444. The molecule has 0 aromatic heterocycles. The molecule has 4 rings (SSSR count). The summed E-state index contributed by atoms with van der Waals surface area (Å²) >= 11 is 0. The Labute approximate surface area is 141 Å². The third-order valence-electron chi connectivity index (χ3n) is 5.93. The SMILES string of the molecule is C[C@]12CCc3c(ccc4cc(OS(N)(=O)=O)ccc34)[C@@H]1CC[C@@H]2O. The van der Waals surface area contributed by atoms with Crippen LogP contribution in [-0.2, 0) is 16.7 Å². The van der Waals surface area contributed by atoms with Gasteiger partial charge < -0.3 is 9.29 Å². The standard InChI is InChI=1S/C18H21NO4S/c1-18-9-8-14-13-5-3-12(23-24(19,21)22)10-11(13)2-4-15(14)16(18)6-7-17(18)20/h2-5,10,16-17,20H,6-9H2,1H3,(H2,19,21,22)/t16-,17-,18-/m0/s1. The maximum atomic E-state index is 11.1. The highest BCUT2D eigenvalue weighted by atomic mass is 32.2. The van der Waals surface area contributed by atoms with Gasteiger partial charge in [-0.1, -0.05) is 25.1 Å². The molecular weight excluding hydrogens is 326 g/mol. The topological polar surface area (TPSA) is 89.6 Å². The van der Waals surface area contributed by atoms with Gasteiger partial charge in [-0.2, -0.15) is 13.6 Å². The van der Waals surface area contributed by atoms with E-state index in [4.69, 9.17) is 9.32 Å². The highest BCUT2D eigenvalue weighted by Crippen LogP contribution is 2.56. The molecule has 5 nitrogen and oxygen atoms in total. The molecule has 2 aromatic carbocycles. The smallest absolute Gasteiger partial charge is 0.380 e. The summed E-state index contributed by atoms with van der Waals surface area (Å²) in [7, 11) is -4.02. The van der Waals surface area contributed by atoms with Gasteiger partial charge in [0.15, 0.2) is 0 Å². The Bertz CT molecular complexity index is 924. The van der Waals surface area contributed by atoms with Crippen LogP contribution in [0.3, 0.4) is 0 Å². The Balaban J connectivity index is 1.81. The van der Waals surface area contributed by atoms with Crippen LogP contribution in [0.25, 0.3) is 10.8 Å². The lowest BCUT2D eigenvalue weighted by molar-refractivity contribution is 0.0459. The van der Waals surface area contributed by atoms with Gasteiger partial charge in [-0.25, -0.2) is 0 Å². The van der Waals surface area contributed by atoms with Crippen LogP contribution in [0.5, 0.6) is 5.75 Å². The highest BCUT2D eigenvalue weighted by molar-refractivity contribution is 7.84. The van der Waals surface area contributed by atoms with E-state index in [1.807, 2.05) is 12.1 Å². The summed E-state index contributed by atoms with van der Waals surface area (Å²) in [5.74, 6) is 0.614. The van der Waals surface area contributed by atoms with Gasteiger partial charge in [0, 0.05) is 5.41 Å². The van der Waals surface area contributed by atoms with E-state index in [2.05, 4.69) is 13.0 Å². The predicted octanol–water partition coefficient (Wildman–Crippen LogP) is 2.61. The number of aliphatic hydroxyl groups is 1. The molecule has 0 amide bonds. The molecule has 2 aromatic rings. The highest BCUT2D eigenvalue weighted by Gasteiger charge is 2.49. The van der Waals surface area contributed by atoms with Crippen LogP contribution >= 0.6 is 0 Å². The summed E-state index contributed by atoms with van der Waals surface area (Å²) in [6.45, 7) is 2.20. The van der Waals surface area contributed by atoms with Crippen molar-refractivity contribution in [3.05, 3.63) is 41.5 Å². The quantitative estimate of drug-likeness (QED) is 0.874. The van der Waals surface area contributed by atoms with Gasteiger partial charge >= 0.3 is 10.3 Å². The second kappa shape index (κ2) is 5.18. The van der Waals surface area contributed by atoms with E-state index in [-0.39, 0.29) is 17.3 Å². The Morgan fingerprint density at radius 2 is 2.04 bits per heavy atom. The molecule has 0 unspecified atom stereocenters. The van der Waals surface area contributed by atoms with Crippen molar-refractivity contribution in [2.45, 2.75) is 44.6 Å². The maximum Gasteiger partial charge on any atom is 0.380 e. The normalized spacial score (nSPS) is 29.3. The first-order valence-corrected chi connectivity index (χ1v) is 9.71. The Morgan fingerprint density at radius 1 is 1.25 bits per heavy atom. The van der Waals surface area contributed by atoms with E-state index < -0.39 is 10.3 Å². The second-order valence-corrected chi connectivity index (χ2v) is 8.40. The number of nitrogens with two attached hydrogens (primary N) is 1. The van der Waals surface area contributed by atoms with Gasteiger partial charge in [-0.05, 0) is 65.6 Å². The molecular formula is C18H21NO4S. The Hall–Kier alpha value is -1.63. The lowest BCUT2D eigenvalue weighted by Crippen LogP contribution is -2.35. The zero-order valence-corrected chi connectivity index (χ0v) is 14.3. The Morgan fingerprint density at radius 3 is 2.79 bits per heavy atom. The molecule has 1 saturated carbocycles. The third kappa shape index (κ3) is 2.41. The van der Waals surface area contributed by atoms with E-state index in [1.165, 1.54) is 11.1 Å². The monoisotopic (exact) mass is 347 g/mol. The van der Waals surface area contributed by atoms with Crippen LogP contribution in [0.2, 0.25) is 0 Å². The number of aryl methyl sites for hydroxylation is 1. The predicted molar refractivity (Wildman–Crippen MR) is 92.1 cm³/mol. The summed E-state index contributed by atoms with van der Waals surface area (Å²) in [5.41, 5.74) is 2.61. The second-order valence-electron chi connectivity index (χ2n) is 7.24. The minimum absolute atomic E-state index is 0.0304. The number of aliphatic hydroxyl groups excluding tert-OH is 1. The molecule has 2 aliphatic carbocycles. The van der Waals surface area contributed by atoms with Crippen molar-refractivity contribution in [3.63, 3.8) is 0 Å². The van der Waals surface area contributed by atoms with Gasteiger partial charge in [-0.3, -0.25) is 0 Å². The molecule has 2 aliphatic rings. The molecule has 3 N–H and O–H groups in total. The van der Waals surface area contributed by atoms with Gasteiger partial charge in [0.2, 0.25) is 0 Å². The summed E-state index contributed by atoms with van der Waals surface area (Å²) < 4.78 is 27.0. The number of benzene rings is 2. The van der Waals surface area contributed by atoms with Crippen molar-refractivity contribution < 1.29 is 17.7 Å². The van der Waals surface area contributed by atoms with Crippen LogP contribution in [-0.4, -0.2) is 19.6 Å². The van der Waals surface area contributed by atoms with Crippen LogP contribution in [0.4, 0.5) is 0 Å². The fourth-order valence-electron chi connectivity index (χ4n) is 4.64. The van der Waals surface area contributed by atoms with E-state index in [1.54, 1.807) is 12.1 Å². The van der Waals surface area contributed by atoms with E-state index in [9.17, 15) is 13.5 Å². The number of rotatable bonds is 2. The van der Waals surface area contributed by atoms with E-state index >= 15 is 0 Å². The zero-order valence-electron chi connectivity index (χ0n) is 13.5. The maximum absolute atomic E-state index is 11.1. The van der Waals surface area contributed by atoms with Crippen LogP contribution in [0, 0.1) is 5.41 Å². The molecule has 0 radical (unpaired) electrons. The largest absolute Gasteiger partial charge is 0.393 e. The Kier molecular flexibility index (Phi) is 3.43. The van der Waals surface area contributed by atoms with Crippen molar-refractivity contribution in [1.29, 1.82) is 0 Å². The zero-order chi connectivity index (χ0) is 17.1. The number of fused-ring (bicyclic) bond motifs is 5. The minimum Gasteiger partial charge on any atom is -0.393 e. The van der Waals surface area contributed by atoms with Gasteiger partial charge in [0.25, 0.3) is 0 Å². The van der Waals surface area contributed by atoms with Crippen molar-refractivity contribution in [2.24, 2.45) is 10.6 Å². The average molecular weight is 347 g/mol. The molecule has 24 heavy (non-hydrogen) atoms. The number of hydrogen-bond donors (Lipinski definition) is 2. The van der Waals surface area contributed by atoms with Crippen molar-refractivity contribution in [1.82, 2.24) is 0 Å². The summed E-state index contributed by atoms with van der Waals surface area (Å²) in [6, 6.07) is 9.38. The third-order valence-corrected chi connectivity index (χ3v) is 6.35. The van der Waals surface area contributed by atoms with E-state index in [0.29, 0.717) is 5.92 Å². The number of hydrogen-bond acceptors (Lipinski definition) is 4. The summed E-state index contributed by atoms with van der Waals surface area (Å²) in [4.78, 5) is 0. The first-order chi connectivity index (χ1) is 11.3. The van der Waals surface area contributed by atoms with Gasteiger partial charge in [-0.15, -0.1) is 0 Å². The van der Waals surface area contributed by atoms with Crippen molar-refractivity contribution in [2.75, 3.05) is 0 Å². The molecule has 3 atom stereocenters. The molecule has 0 saturated heterocycles. The van der Waals surface area contributed by atoms with Crippen molar-refractivity contribution in [3.8, 4) is 5.75 Å². The van der Waals surface area contributed by atoms with Crippen LogP contribution < -0.4 is 9.32 Å². The molecule has 0 spiro atoms. The average Bonchev–Trinajstić information content (AvgIpc) is 2.81. The molecule has 0 bridgehead atoms. The fourth-order valence-corrected chi connectivity index (χ4v) is 5.01. The molecule has 1 fully saturated rings. The summed E-state index contributed by atoms with van der Waals surface area (Å²) in [5, 5.41) is 17.4. The first kappa shape index (κ1) is 15.9. The molecule has 0 heterocycles.